The summed E-state index contributed by atoms with van der Waals surface area (Å²) in [5.74, 6) is 0.551. The third-order valence-electron chi connectivity index (χ3n) is 4.09. The molecule has 3 aromatic rings. The molecule has 1 amide bonds. The van der Waals surface area contributed by atoms with Gasteiger partial charge in [0.2, 0.25) is 0 Å². The van der Waals surface area contributed by atoms with Crippen molar-refractivity contribution in [3.63, 3.8) is 0 Å². The number of anilines is 1. The fourth-order valence-corrected chi connectivity index (χ4v) is 3.69. The molecule has 2 aromatic heterocycles. The van der Waals surface area contributed by atoms with Crippen molar-refractivity contribution in [3.8, 4) is 0 Å². The first-order valence-corrected chi connectivity index (χ1v) is 9.15. The zero-order valence-electron chi connectivity index (χ0n) is 15.0. The number of carbonyl (C=O) groups is 1. The second-order valence-corrected chi connectivity index (χ2v) is 7.18. The number of nitrogens with one attached hydrogen (secondary N) is 1. The minimum Gasteiger partial charge on any atom is -0.385 e. The first-order valence-electron chi connectivity index (χ1n) is 8.33. The van der Waals surface area contributed by atoms with Gasteiger partial charge < -0.3 is 20.4 Å². The number of ether oxygens (including phenoxy) is 1. The van der Waals surface area contributed by atoms with Crippen molar-refractivity contribution in [2.45, 2.75) is 32.9 Å². The Morgan fingerprint density at radius 3 is 3.04 bits per heavy atom. The van der Waals surface area contributed by atoms with Gasteiger partial charge in [0.1, 0.15) is 6.33 Å². The molecule has 1 aromatic carbocycles. The zero-order valence-corrected chi connectivity index (χ0v) is 15.8. The Balaban J connectivity index is 1.74. The molecule has 0 spiro atoms. The monoisotopic (exact) mass is 374 g/mol. The Morgan fingerprint density at radius 2 is 2.27 bits per heavy atom. The third kappa shape index (κ3) is 3.83. The largest absolute Gasteiger partial charge is 0.385 e. The summed E-state index contributed by atoms with van der Waals surface area (Å²) in [4.78, 5) is 17.0. The summed E-state index contributed by atoms with van der Waals surface area (Å²) in [6.07, 6.45) is 2.52. The van der Waals surface area contributed by atoms with Crippen molar-refractivity contribution in [3.05, 3.63) is 35.4 Å². The number of fused-ring (bicyclic) bond motifs is 1. The fourth-order valence-electron chi connectivity index (χ4n) is 2.84. The number of carbonyl (C=O) groups excluding carboxylic acids is 1. The van der Waals surface area contributed by atoms with E-state index in [1.807, 2.05) is 30.5 Å². The molecule has 3 N–H and O–H groups in total. The SMILES string of the molecule is COCCCn1cnnc1[C@@H](C)NC(=O)c1cc(C)c2nc(N)sc2c1. The number of rotatable bonds is 7. The van der Waals surface area contributed by atoms with Crippen LogP contribution in [-0.4, -0.2) is 39.4 Å². The molecule has 0 aliphatic heterocycles. The van der Waals surface area contributed by atoms with Crippen LogP contribution < -0.4 is 11.1 Å². The summed E-state index contributed by atoms with van der Waals surface area (Å²) < 4.78 is 7.91. The summed E-state index contributed by atoms with van der Waals surface area (Å²) in [6.45, 7) is 5.22. The number of nitrogens with two attached hydrogens (primary N) is 1. The average Bonchev–Trinajstić information content (AvgIpc) is 3.21. The number of aryl methyl sites for hydroxylation is 2. The number of hydrogen-bond acceptors (Lipinski definition) is 7. The third-order valence-corrected chi connectivity index (χ3v) is 4.92. The van der Waals surface area contributed by atoms with Crippen LogP contribution in [0.1, 0.15) is 41.1 Å². The Bertz CT molecular complexity index is 919. The van der Waals surface area contributed by atoms with Gasteiger partial charge in [-0.1, -0.05) is 11.3 Å². The number of methoxy groups -OCH3 is 1. The van der Waals surface area contributed by atoms with E-state index >= 15 is 0 Å². The van der Waals surface area contributed by atoms with Crippen LogP contribution in [-0.2, 0) is 11.3 Å². The second kappa shape index (κ2) is 7.79. The molecule has 0 saturated heterocycles. The van der Waals surface area contributed by atoms with E-state index in [0.29, 0.717) is 23.1 Å². The number of hydrogen-bond donors (Lipinski definition) is 2. The molecular weight excluding hydrogens is 352 g/mol. The quantitative estimate of drug-likeness (QED) is 0.615. The number of thiazole rings is 1. The van der Waals surface area contributed by atoms with Crippen LogP contribution in [0, 0.1) is 6.92 Å². The maximum atomic E-state index is 12.7. The van der Waals surface area contributed by atoms with Gasteiger partial charge in [0.05, 0.1) is 16.3 Å². The van der Waals surface area contributed by atoms with Gasteiger partial charge in [-0.3, -0.25) is 4.79 Å². The normalized spacial score (nSPS) is 12.4. The van der Waals surface area contributed by atoms with Gasteiger partial charge in [-0.15, -0.1) is 10.2 Å². The van der Waals surface area contributed by atoms with Crippen LogP contribution in [0.5, 0.6) is 0 Å². The van der Waals surface area contributed by atoms with Crippen molar-refractivity contribution in [2.24, 2.45) is 0 Å². The van der Waals surface area contributed by atoms with E-state index in [-0.39, 0.29) is 11.9 Å². The summed E-state index contributed by atoms with van der Waals surface area (Å²) >= 11 is 1.38. The van der Waals surface area contributed by atoms with Crippen molar-refractivity contribution >= 4 is 32.6 Å². The highest BCUT2D eigenvalue weighted by Crippen LogP contribution is 2.27. The van der Waals surface area contributed by atoms with Gasteiger partial charge >= 0.3 is 0 Å². The number of aromatic nitrogens is 4. The zero-order chi connectivity index (χ0) is 18.7. The molecule has 0 aliphatic rings. The molecule has 0 fully saturated rings. The van der Waals surface area contributed by atoms with Gasteiger partial charge in [-0.05, 0) is 38.0 Å². The smallest absolute Gasteiger partial charge is 0.251 e. The molecule has 138 valence electrons. The van der Waals surface area contributed by atoms with Gasteiger partial charge in [0.15, 0.2) is 11.0 Å². The van der Waals surface area contributed by atoms with E-state index in [1.165, 1.54) is 11.3 Å². The highest BCUT2D eigenvalue weighted by atomic mass is 32.1. The van der Waals surface area contributed by atoms with E-state index in [4.69, 9.17) is 10.5 Å². The topological polar surface area (TPSA) is 108 Å². The highest BCUT2D eigenvalue weighted by Gasteiger charge is 2.18. The lowest BCUT2D eigenvalue weighted by Gasteiger charge is -2.15. The van der Waals surface area contributed by atoms with E-state index in [2.05, 4.69) is 20.5 Å². The van der Waals surface area contributed by atoms with Crippen LogP contribution in [0.15, 0.2) is 18.5 Å². The predicted molar refractivity (Wildman–Crippen MR) is 101 cm³/mol. The maximum absolute atomic E-state index is 12.7. The lowest BCUT2D eigenvalue weighted by Crippen LogP contribution is -2.29. The minimum atomic E-state index is -0.268. The second-order valence-electron chi connectivity index (χ2n) is 6.12. The Hall–Kier alpha value is -2.52. The predicted octanol–water partition coefficient (Wildman–Crippen LogP) is 2.31. The molecule has 26 heavy (non-hydrogen) atoms. The van der Waals surface area contributed by atoms with Crippen molar-refractivity contribution < 1.29 is 9.53 Å². The first-order chi connectivity index (χ1) is 12.5. The average molecular weight is 374 g/mol. The van der Waals surface area contributed by atoms with Gasteiger partial charge in [0, 0.05) is 25.8 Å². The summed E-state index contributed by atoms with van der Waals surface area (Å²) in [5.41, 5.74) is 8.13. The standard InChI is InChI=1S/C17H22N6O2S/c1-10-7-12(8-13-14(10)21-17(18)26-13)16(24)20-11(2)15-22-19-9-23(15)5-4-6-25-3/h7-9,11H,4-6H2,1-3H3,(H2,18,21)(H,20,24)/t11-/m1/s1. The summed E-state index contributed by atoms with van der Waals surface area (Å²) in [6, 6.07) is 3.38. The molecule has 0 radical (unpaired) electrons. The molecule has 1 atom stereocenters. The molecule has 8 nitrogen and oxygen atoms in total. The lowest BCUT2D eigenvalue weighted by atomic mass is 10.1. The number of benzene rings is 1. The molecule has 3 rings (SSSR count). The van der Waals surface area contributed by atoms with Gasteiger partial charge in [-0.2, -0.15) is 0 Å². The minimum absolute atomic E-state index is 0.166. The molecule has 0 aliphatic carbocycles. The lowest BCUT2D eigenvalue weighted by molar-refractivity contribution is 0.0937. The van der Waals surface area contributed by atoms with Gasteiger partial charge in [0.25, 0.3) is 5.91 Å². The first kappa shape index (κ1) is 18.3. The number of nitrogens with zero attached hydrogens (tertiary/aromatic N) is 4. The fraction of sp³-hybridized carbons (Fsp3) is 0.412. The molecule has 0 bridgehead atoms. The van der Waals surface area contributed by atoms with Crippen LogP contribution in [0.2, 0.25) is 0 Å². The number of amides is 1. The van der Waals surface area contributed by atoms with E-state index in [9.17, 15) is 4.79 Å². The van der Waals surface area contributed by atoms with Crippen LogP contribution in [0.3, 0.4) is 0 Å². The van der Waals surface area contributed by atoms with E-state index < -0.39 is 0 Å². The Kier molecular flexibility index (Phi) is 5.48. The van der Waals surface area contributed by atoms with Crippen LogP contribution in [0.4, 0.5) is 5.13 Å². The van der Waals surface area contributed by atoms with Crippen LogP contribution in [0.25, 0.3) is 10.2 Å². The van der Waals surface area contributed by atoms with E-state index in [1.54, 1.807) is 13.4 Å². The number of nitrogen functional groups attached to an aromatic ring is 1. The van der Waals surface area contributed by atoms with Gasteiger partial charge in [-0.25, -0.2) is 4.98 Å². The maximum Gasteiger partial charge on any atom is 0.251 e. The molecule has 0 saturated carbocycles. The van der Waals surface area contributed by atoms with E-state index in [0.717, 1.165) is 28.7 Å². The Labute approximate surface area is 155 Å². The van der Waals surface area contributed by atoms with Crippen molar-refractivity contribution in [1.82, 2.24) is 25.1 Å². The van der Waals surface area contributed by atoms with Crippen molar-refractivity contribution in [1.29, 1.82) is 0 Å². The summed E-state index contributed by atoms with van der Waals surface area (Å²) in [7, 11) is 1.67. The summed E-state index contributed by atoms with van der Waals surface area (Å²) in [5, 5.41) is 11.6. The molecular formula is C17H22N6O2S. The van der Waals surface area contributed by atoms with Crippen LogP contribution >= 0.6 is 11.3 Å². The van der Waals surface area contributed by atoms with Crippen molar-refractivity contribution in [2.75, 3.05) is 19.5 Å². The molecule has 2 heterocycles. The highest BCUT2D eigenvalue weighted by molar-refractivity contribution is 7.22. The Morgan fingerprint density at radius 1 is 1.46 bits per heavy atom. The molecule has 0 unspecified atom stereocenters. The molecule has 9 heteroatoms.